The number of carbonyl (C=O) groups is 3. The monoisotopic (exact) mass is 404 g/mol. The normalized spacial score (nSPS) is 14.6. The second-order valence-electron chi connectivity index (χ2n) is 6.82. The Kier molecular flexibility index (Phi) is 4.79. The number of ketones is 2. The second-order valence-corrected chi connectivity index (χ2v) is 6.82. The molecule has 1 aromatic heterocycles. The van der Waals surface area contributed by atoms with E-state index in [2.05, 4.69) is 0 Å². The van der Waals surface area contributed by atoms with E-state index in [4.69, 9.17) is 9.15 Å². The number of rotatable bonds is 4. The van der Waals surface area contributed by atoms with Gasteiger partial charge in [-0.25, -0.2) is 0 Å². The maximum absolute atomic E-state index is 13.1. The van der Waals surface area contributed by atoms with Crippen molar-refractivity contribution in [2.75, 3.05) is 7.11 Å². The van der Waals surface area contributed by atoms with Crippen LogP contribution in [0, 0.1) is 0 Å². The first-order valence-corrected chi connectivity index (χ1v) is 9.12. The Labute approximate surface area is 170 Å². The summed E-state index contributed by atoms with van der Waals surface area (Å²) in [4.78, 5) is 50.8. The molecule has 30 heavy (non-hydrogen) atoms. The molecule has 3 aromatic rings. The number of benzene rings is 2. The molecule has 0 radical (unpaired) electrons. The number of hydrogen-bond acceptors (Lipinski definition) is 7. The van der Waals surface area contributed by atoms with Crippen molar-refractivity contribution in [2.24, 2.45) is 0 Å². The van der Waals surface area contributed by atoms with Crippen molar-refractivity contribution in [1.82, 2.24) is 0 Å². The molecular weight excluding hydrogens is 388 g/mol. The first kappa shape index (κ1) is 19.3. The molecular formula is C23H16O7. The molecule has 1 N–H and O–H groups in total. The van der Waals surface area contributed by atoms with Gasteiger partial charge in [0.05, 0.1) is 30.8 Å². The van der Waals surface area contributed by atoms with E-state index in [0.717, 1.165) is 6.26 Å². The number of carbonyl (C=O) groups excluding carboxylic acids is 3. The minimum absolute atomic E-state index is 0.0267. The van der Waals surface area contributed by atoms with Crippen LogP contribution < -0.4 is 5.43 Å². The van der Waals surface area contributed by atoms with Gasteiger partial charge < -0.3 is 14.3 Å². The quantitative estimate of drug-likeness (QED) is 0.525. The van der Waals surface area contributed by atoms with Gasteiger partial charge in [0.15, 0.2) is 5.43 Å². The zero-order valence-electron chi connectivity index (χ0n) is 15.9. The van der Waals surface area contributed by atoms with Gasteiger partial charge in [0.25, 0.3) is 0 Å². The first-order chi connectivity index (χ1) is 14.4. The fraction of sp³-hybridized carbons (Fsp3) is 0.130. The smallest absolute Gasteiger partial charge is 0.306 e. The SMILES string of the molecule is COC(=O)CC(C1=C(O)c2ccccc2C(=O)C1=O)c1coc2ccccc2c1=O. The molecule has 2 aromatic carbocycles. The molecule has 0 spiro atoms. The van der Waals surface area contributed by atoms with E-state index in [-0.39, 0.29) is 27.6 Å². The molecule has 0 amide bonds. The van der Waals surface area contributed by atoms with Gasteiger partial charge in [0, 0.05) is 22.6 Å². The maximum atomic E-state index is 13.1. The highest BCUT2D eigenvalue weighted by atomic mass is 16.5. The van der Waals surface area contributed by atoms with Crippen LogP contribution in [0.25, 0.3) is 16.7 Å². The highest BCUT2D eigenvalue weighted by Gasteiger charge is 2.39. The van der Waals surface area contributed by atoms with Gasteiger partial charge in [-0.2, -0.15) is 0 Å². The Hall–Kier alpha value is -4.00. The molecule has 1 atom stereocenters. The van der Waals surface area contributed by atoms with Crippen molar-refractivity contribution >= 4 is 34.3 Å². The van der Waals surface area contributed by atoms with E-state index in [1.54, 1.807) is 36.4 Å². The number of aliphatic hydroxyl groups excluding tert-OH is 1. The summed E-state index contributed by atoms with van der Waals surface area (Å²) in [6.45, 7) is 0. The molecule has 150 valence electrons. The molecule has 7 heteroatoms. The Morgan fingerprint density at radius 1 is 1.00 bits per heavy atom. The summed E-state index contributed by atoms with van der Waals surface area (Å²) in [5, 5.41) is 11.1. The number of ether oxygens (including phenoxy) is 1. The third kappa shape index (κ3) is 3.00. The maximum Gasteiger partial charge on any atom is 0.306 e. The van der Waals surface area contributed by atoms with Crippen molar-refractivity contribution in [2.45, 2.75) is 12.3 Å². The molecule has 0 aliphatic heterocycles. The molecule has 0 saturated heterocycles. The highest BCUT2D eigenvalue weighted by molar-refractivity contribution is 6.52. The number of methoxy groups -OCH3 is 1. The van der Waals surface area contributed by atoms with Gasteiger partial charge >= 0.3 is 5.97 Å². The van der Waals surface area contributed by atoms with Crippen LogP contribution in [-0.4, -0.2) is 29.8 Å². The Morgan fingerprint density at radius 3 is 2.40 bits per heavy atom. The van der Waals surface area contributed by atoms with E-state index in [1.165, 1.54) is 19.2 Å². The summed E-state index contributed by atoms with van der Waals surface area (Å²) in [7, 11) is 1.17. The Bertz CT molecular complexity index is 1300. The summed E-state index contributed by atoms with van der Waals surface area (Å²) >= 11 is 0. The largest absolute Gasteiger partial charge is 0.507 e. The lowest BCUT2D eigenvalue weighted by atomic mass is 9.78. The van der Waals surface area contributed by atoms with Crippen molar-refractivity contribution in [3.8, 4) is 0 Å². The van der Waals surface area contributed by atoms with Crippen LogP contribution in [0.15, 0.2) is 69.6 Å². The Balaban J connectivity index is 1.98. The van der Waals surface area contributed by atoms with Crippen LogP contribution in [0.3, 0.4) is 0 Å². The summed E-state index contributed by atoms with van der Waals surface area (Å²) in [5.74, 6) is -4.18. The highest BCUT2D eigenvalue weighted by Crippen LogP contribution is 2.37. The zero-order chi connectivity index (χ0) is 21.4. The van der Waals surface area contributed by atoms with E-state index in [1.807, 2.05) is 0 Å². The lowest BCUT2D eigenvalue weighted by Gasteiger charge is -2.23. The first-order valence-electron chi connectivity index (χ1n) is 9.12. The molecule has 4 rings (SSSR count). The fourth-order valence-corrected chi connectivity index (χ4v) is 3.66. The van der Waals surface area contributed by atoms with Crippen LogP contribution >= 0.6 is 0 Å². The third-order valence-electron chi connectivity index (χ3n) is 5.16. The lowest BCUT2D eigenvalue weighted by Crippen LogP contribution is -2.30. The van der Waals surface area contributed by atoms with Crippen LogP contribution in [0.2, 0.25) is 0 Å². The predicted molar refractivity (Wildman–Crippen MR) is 107 cm³/mol. The molecule has 0 saturated carbocycles. The molecule has 0 fully saturated rings. The van der Waals surface area contributed by atoms with E-state index >= 15 is 0 Å². The average Bonchev–Trinajstić information content (AvgIpc) is 2.77. The molecule has 0 bridgehead atoms. The van der Waals surface area contributed by atoms with Crippen molar-refractivity contribution in [1.29, 1.82) is 0 Å². The number of Topliss-reactive ketones (excluding diaryl/α,β-unsaturated/α-hetero) is 2. The van der Waals surface area contributed by atoms with Gasteiger partial charge in [0.1, 0.15) is 11.3 Å². The molecule has 1 aliphatic rings. The molecule has 1 aliphatic carbocycles. The summed E-state index contributed by atoms with van der Waals surface area (Å²) < 4.78 is 10.2. The molecule has 1 unspecified atom stereocenters. The van der Waals surface area contributed by atoms with Crippen LogP contribution in [0.5, 0.6) is 0 Å². The van der Waals surface area contributed by atoms with Crippen molar-refractivity contribution in [3.63, 3.8) is 0 Å². The Morgan fingerprint density at radius 2 is 1.67 bits per heavy atom. The summed E-state index contributed by atoms with van der Waals surface area (Å²) in [5.41, 5.74) is -0.265. The van der Waals surface area contributed by atoms with E-state index in [0.29, 0.717) is 5.58 Å². The van der Waals surface area contributed by atoms with Gasteiger partial charge in [-0.1, -0.05) is 36.4 Å². The van der Waals surface area contributed by atoms with Gasteiger partial charge in [-0.05, 0) is 12.1 Å². The summed E-state index contributed by atoms with van der Waals surface area (Å²) in [6.07, 6.45) is 0.719. The molecule has 7 nitrogen and oxygen atoms in total. The lowest BCUT2D eigenvalue weighted by molar-refractivity contribution is -0.140. The standard InChI is InChI=1S/C23H16O7/c1-29-18(24)10-15(16-11-30-17-9-5-4-8-14(17)20(16)25)19-21(26)12-6-2-3-7-13(12)22(27)23(19)28/h2-9,11,15,26H,10H2,1H3. The number of para-hydroxylation sites is 1. The minimum atomic E-state index is -1.22. The predicted octanol–water partition coefficient (Wildman–Crippen LogP) is 3.17. The van der Waals surface area contributed by atoms with E-state index in [9.17, 15) is 24.3 Å². The number of allylic oxidation sites excluding steroid dienone is 1. The van der Waals surface area contributed by atoms with Gasteiger partial charge in [-0.15, -0.1) is 0 Å². The van der Waals surface area contributed by atoms with Crippen molar-refractivity contribution < 1.29 is 28.6 Å². The summed E-state index contributed by atoms with van der Waals surface area (Å²) in [6, 6.07) is 12.6. The van der Waals surface area contributed by atoms with E-state index < -0.39 is 41.1 Å². The van der Waals surface area contributed by atoms with Gasteiger partial charge in [-0.3, -0.25) is 19.2 Å². The van der Waals surface area contributed by atoms with Crippen LogP contribution in [-0.2, 0) is 14.3 Å². The zero-order valence-corrected chi connectivity index (χ0v) is 15.9. The second kappa shape index (κ2) is 7.44. The minimum Gasteiger partial charge on any atom is -0.507 e. The third-order valence-corrected chi connectivity index (χ3v) is 5.16. The average molecular weight is 404 g/mol. The molecule has 1 heterocycles. The fourth-order valence-electron chi connectivity index (χ4n) is 3.66. The number of esters is 1. The number of aliphatic hydroxyl groups is 1. The van der Waals surface area contributed by atoms with Gasteiger partial charge in [0.2, 0.25) is 11.6 Å². The number of fused-ring (bicyclic) bond motifs is 2. The number of hydrogen-bond donors (Lipinski definition) is 1. The van der Waals surface area contributed by atoms with Crippen molar-refractivity contribution in [3.05, 3.63) is 87.3 Å². The van der Waals surface area contributed by atoms with Crippen LogP contribution in [0.1, 0.15) is 33.8 Å². The topological polar surface area (TPSA) is 111 Å². The van der Waals surface area contributed by atoms with Crippen LogP contribution in [0.4, 0.5) is 0 Å².